The normalized spacial score (nSPS) is 39.1. The average Bonchev–Trinajstić information content (AvgIpc) is 3.11. The quantitative estimate of drug-likeness (QED) is 0.0283. The van der Waals surface area contributed by atoms with Crippen LogP contribution in [0.25, 0.3) is 10.4 Å². The number of azide groups is 1. The van der Waals surface area contributed by atoms with Gasteiger partial charge in [-0.1, -0.05) is 5.11 Å². The molecule has 0 aromatic carbocycles. The Morgan fingerprint density at radius 3 is 2.10 bits per heavy atom. The van der Waals surface area contributed by atoms with E-state index in [1.165, 1.54) is 0 Å². The molecule has 3 rings (SSSR count). The van der Waals surface area contributed by atoms with Crippen LogP contribution < -0.4 is 10.6 Å². The van der Waals surface area contributed by atoms with Crippen molar-refractivity contribution in [3.63, 3.8) is 0 Å². The molecule has 0 aromatic rings. The van der Waals surface area contributed by atoms with E-state index in [9.17, 15) is 70.6 Å². The molecule has 2 amide bonds. The van der Waals surface area contributed by atoms with Gasteiger partial charge in [-0.25, -0.2) is 4.79 Å². The summed E-state index contributed by atoms with van der Waals surface area (Å²) in [6.45, 7) is -3.48. The van der Waals surface area contributed by atoms with E-state index in [4.69, 9.17) is 34.0 Å². The molecule has 298 valence electrons. The zero-order chi connectivity index (χ0) is 38.9. The number of carbonyl (C=O) groups is 3. The van der Waals surface area contributed by atoms with Crippen LogP contribution in [0.5, 0.6) is 0 Å². The number of ether oxygens (including phenoxy) is 6. The molecule has 13 N–H and O–H groups in total. The Bertz CT molecular complexity index is 1250. The Labute approximate surface area is 293 Å². The van der Waals surface area contributed by atoms with Gasteiger partial charge < -0.3 is 95.2 Å². The SMILES string of the molecule is CC(=O)N[C@H]1[C@H](OCCN=[N+]=[N-])O[C@H](CO)[C@@H](O)[C@@H]1O[C@@H]1O[C@H](CO)[C@H](O)[C@H](O[C@]2(C(=O)O)C[C@H](O)[C@@H](NC(=O)CO)[C@H]([C@H](O)[C@H](O)CO)O2)[C@H]1O. The molecular weight excluding hydrogens is 714 g/mol. The molecule has 0 saturated carbocycles. The Balaban J connectivity index is 1.99. The monoisotopic (exact) mass is 759 g/mol. The van der Waals surface area contributed by atoms with Gasteiger partial charge in [-0.15, -0.1) is 0 Å². The molecule has 3 saturated heterocycles. The summed E-state index contributed by atoms with van der Waals surface area (Å²) in [5, 5.41) is 122. The first-order valence-corrected chi connectivity index (χ1v) is 15.9. The third-order valence-electron chi connectivity index (χ3n) is 8.49. The molecule has 25 heteroatoms. The van der Waals surface area contributed by atoms with Crippen molar-refractivity contribution in [2.45, 2.75) is 111 Å². The zero-order valence-corrected chi connectivity index (χ0v) is 27.5. The van der Waals surface area contributed by atoms with Gasteiger partial charge in [0, 0.05) is 24.8 Å². The first-order chi connectivity index (χ1) is 24.6. The number of aliphatic carboxylic acids is 1. The smallest absolute Gasteiger partial charge is 0.364 e. The van der Waals surface area contributed by atoms with E-state index >= 15 is 0 Å². The molecule has 25 nitrogen and oxygen atoms in total. The number of aliphatic hydroxyl groups excluding tert-OH is 10. The van der Waals surface area contributed by atoms with Gasteiger partial charge in [-0.05, 0) is 5.53 Å². The molecule has 3 aliphatic heterocycles. The molecule has 0 radical (unpaired) electrons. The Hall–Kier alpha value is -2.92. The van der Waals surface area contributed by atoms with Gasteiger partial charge in [0.2, 0.25) is 11.8 Å². The minimum absolute atomic E-state index is 0.200. The zero-order valence-electron chi connectivity index (χ0n) is 27.5. The topological polar surface area (TPSA) is 402 Å². The molecule has 0 bridgehead atoms. The number of amides is 2. The number of carboxylic acids is 1. The van der Waals surface area contributed by atoms with Crippen molar-refractivity contribution in [1.82, 2.24) is 10.6 Å². The molecule has 0 unspecified atom stereocenters. The number of hydrogen-bond acceptors (Lipinski definition) is 20. The number of carbonyl (C=O) groups excluding carboxylic acids is 2. The van der Waals surface area contributed by atoms with E-state index in [1.54, 1.807) is 0 Å². The largest absolute Gasteiger partial charge is 0.477 e. The Kier molecular flexibility index (Phi) is 16.2. The molecule has 3 heterocycles. The lowest BCUT2D eigenvalue weighted by atomic mass is 9.88. The first kappa shape index (κ1) is 43.5. The second-order valence-electron chi connectivity index (χ2n) is 12.1. The van der Waals surface area contributed by atoms with Crippen LogP contribution in [0.2, 0.25) is 0 Å². The minimum Gasteiger partial charge on any atom is -0.477 e. The first-order valence-electron chi connectivity index (χ1n) is 15.9. The molecule has 3 aliphatic rings. The number of carboxylic acid groups (broad SMARTS) is 1. The number of nitrogens with zero attached hydrogens (tertiary/aromatic N) is 3. The number of nitrogens with one attached hydrogen (secondary N) is 2. The van der Waals surface area contributed by atoms with Crippen molar-refractivity contribution >= 4 is 17.8 Å². The van der Waals surface area contributed by atoms with Gasteiger partial charge >= 0.3 is 5.97 Å². The van der Waals surface area contributed by atoms with Gasteiger partial charge in [0.15, 0.2) is 12.6 Å². The molecule has 52 heavy (non-hydrogen) atoms. The van der Waals surface area contributed by atoms with E-state index < -0.39 is 148 Å². The minimum atomic E-state index is -3.13. The Morgan fingerprint density at radius 2 is 1.56 bits per heavy atom. The third-order valence-corrected chi connectivity index (χ3v) is 8.49. The fourth-order valence-electron chi connectivity index (χ4n) is 5.94. The summed E-state index contributed by atoms with van der Waals surface area (Å²) < 4.78 is 33.6. The number of hydrogen-bond donors (Lipinski definition) is 13. The van der Waals surface area contributed by atoms with Crippen molar-refractivity contribution in [3.05, 3.63) is 10.4 Å². The lowest BCUT2D eigenvalue weighted by molar-refractivity contribution is -0.381. The lowest BCUT2D eigenvalue weighted by Gasteiger charge is -2.51. The van der Waals surface area contributed by atoms with Crippen molar-refractivity contribution < 1.29 is 99.0 Å². The van der Waals surface area contributed by atoms with Crippen LogP contribution in [0.4, 0.5) is 0 Å². The summed E-state index contributed by atoms with van der Waals surface area (Å²) in [5.74, 6) is -6.98. The highest BCUT2D eigenvalue weighted by molar-refractivity contribution is 5.78. The molecule has 0 aromatic heterocycles. The van der Waals surface area contributed by atoms with Crippen molar-refractivity contribution in [3.8, 4) is 0 Å². The van der Waals surface area contributed by atoms with Gasteiger partial charge in [-0.2, -0.15) is 0 Å². The summed E-state index contributed by atoms with van der Waals surface area (Å²) >= 11 is 0. The lowest BCUT2D eigenvalue weighted by Crippen LogP contribution is -2.71. The maximum Gasteiger partial charge on any atom is 0.364 e. The van der Waals surface area contributed by atoms with E-state index in [0.717, 1.165) is 6.92 Å². The molecule has 3 fully saturated rings. The number of rotatable bonds is 17. The van der Waals surface area contributed by atoms with Gasteiger partial charge in [0.1, 0.15) is 73.7 Å². The van der Waals surface area contributed by atoms with Gasteiger partial charge in [0.25, 0.3) is 5.79 Å². The van der Waals surface area contributed by atoms with E-state index in [2.05, 4.69) is 20.7 Å². The Morgan fingerprint density at radius 1 is 0.942 bits per heavy atom. The maximum absolute atomic E-state index is 12.8. The average molecular weight is 760 g/mol. The van der Waals surface area contributed by atoms with E-state index in [0.29, 0.717) is 0 Å². The van der Waals surface area contributed by atoms with Crippen molar-refractivity contribution in [1.29, 1.82) is 0 Å². The van der Waals surface area contributed by atoms with Crippen LogP contribution in [0.15, 0.2) is 5.11 Å². The van der Waals surface area contributed by atoms with Crippen LogP contribution in [-0.2, 0) is 42.8 Å². The summed E-state index contributed by atoms with van der Waals surface area (Å²) in [5.41, 5.74) is 8.54. The summed E-state index contributed by atoms with van der Waals surface area (Å²) in [7, 11) is 0. The fraction of sp³-hybridized carbons (Fsp3) is 0.889. The van der Waals surface area contributed by atoms with Crippen LogP contribution >= 0.6 is 0 Å². The van der Waals surface area contributed by atoms with Crippen molar-refractivity contribution in [2.75, 3.05) is 39.6 Å². The summed E-state index contributed by atoms with van der Waals surface area (Å²) in [6.07, 6.45) is -26.2. The van der Waals surface area contributed by atoms with Crippen LogP contribution in [0.1, 0.15) is 13.3 Å². The number of aliphatic hydroxyl groups is 10. The van der Waals surface area contributed by atoms with Crippen LogP contribution in [-0.4, -0.2) is 211 Å². The second kappa shape index (κ2) is 19.4. The van der Waals surface area contributed by atoms with Gasteiger partial charge in [0.05, 0.1) is 38.6 Å². The van der Waals surface area contributed by atoms with E-state index in [-0.39, 0.29) is 13.2 Å². The summed E-state index contributed by atoms with van der Waals surface area (Å²) in [4.78, 5) is 39.5. The third kappa shape index (κ3) is 9.98. The second-order valence-corrected chi connectivity index (χ2v) is 12.1. The highest BCUT2D eigenvalue weighted by atomic mass is 16.8. The molecule has 0 spiro atoms. The fourth-order valence-corrected chi connectivity index (χ4v) is 5.94. The van der Waals surface area contributed by atoms with Crippen LogP contribution in [0, 0.1) is 0 Å². The highest BCUT2D eigenvalue weighted by Gasteiger charge is 2.60. The van der Waals surface area contributed by atoms with E-state index in [1.807, 2.05) is 0 Å². The molecule has 16 atom stereocenters. The highest BCUT2D eigenvalue weighted by Crippen LogP contribution is 2.38. The van der Waals surface area contributed by atoms with Crippen LogP contribution in [0.3, 0.4) is 0 Å². The summed E-state index contributed by atoms with van der Waals surface area (Å²) in [6, 6.07) is -3.16. The molecule has 0 aliphatic carbocycles. The van der Waals surface area contributed by atoms with Crippen molar-refractivity contribution in [2.24, 2.45) is 5.11 Å². The standard InChI is InChI=1S/C27H45N5O20/c1-9(37)30-16-21(18(42)12(6-34)48-24(16)47-3-2-29-32-28)50-25-20(44)23(19(43)13(7-35)49-25)52-27(26(45)46)4-10(38)15(31-14(40)8-36)22(51-27)17(41)11(39)5-33/h10-13,15-25,33-36,38-39,41-44H,2-8H2,1H3,(H,30,37)(H,31,40)(H,45,46)/t10-,11+,12+,13+,15+,16+,17+,18+,19-,20+,21+,22+,23-,24+,25-,27-/m0/s1. The maximum atomic E-state index is 12.8. The van der Waals surface area contributed by atoms with Gasteiger partial charge in [-0.3, -0.25) is 9.59 Å². The predicted octanol–water partition coefficient (Wildman–Crippen LogP) is -7.77. The predicted molar refractivity (Wildman–Crippen MR) is 161 cm³/mol. The molecular formula is C27H45N5O20.